The van der Waals surface area contributed by atoms with Crippen LogP contribution in [0.15, 0.2) is 30.3 Å². The summed E-state index contributed by atoms with van der Waals surface area (Å²) < 4.78 is 24.4. The molecule has 4 rings (SSSR count). The Morgan fingerprint density at radius 2 is 1.96 bits per heavy atom. The van der Waals surface area contributed by atoms with Crippen molar-refractivity contribution < 1.29 is 18.9 Å². The third-order valence-electron chi connectivity index (χ3n) is 5.61. The van der Waals surface area contributed by atoms with E-state index < -0.39 is 5.79 Å². The van der Waals surface area contributed by atoms with Crippen LogP contribution in [0.5, 0.6) is 0 Å². The zero-order chi connectivity index (χ0) is 16.1. The Morgan fingerprint density at radius 3 is 2.70 bits per heavy atom. The number of fused-ring (bicyclic) bond motifs is 2. The van der Waals surface area contributed by atoms with Crippen molar-refractivity contribution in [2.45, 2.75) is 75.8 Å². The van der Waals surface area contributed by atoms with E-state index in [0.29, 0.717) is 13.2 Å². The molecule has 0 N–H and O–H groups in total. The molecule has 1 aromatic carbocycles. The van der Waals surface area contributed by atoms with Crippen LogP contribution >= 0.6 is 0 Å². The fourth-order valence-corrected chi connectivity index (χ4v) is 4.25. The van der Waals surface area contributed by atoms with Gasteiger partial charge in [-0.3, -0.25) is 0 Å². The van der Waals surface area contributed by atoms with Gasteiger partial charge in [0, 0.05) is 19.3 Å². The van der Waals surface area contributed by atoms with Gasteiger partial charge in [-0.25, -0.2) is 0 Å². The molecule has 1 spiro atoms. The molecule has 3 fully saturated rings. The van der Waals surface area contributed by atoms with E-state index in [0.717, 1.165) is 19.3 Å². The fourth-order valence-electron chi connectivity index (χ4n) is 4.25. The highest BCUT2D eigenvalue weighted by molar-refractivity contribution is 5.20. The van der Waals surface area contributed by atoms with Gasteiger partial charge < -0.3 is 18.9 Å². The van der Waals surface area contributed by atoms with Gasteiger partial charge in [0.15, 0.2) is 5.79 Å². The smallest absolute Gasteiger partial charge is 0.163 e. The SMILES string of the molecule is CC1(C)OCC[C@]2(CC(OCc3ccccc3)C[C@@H]3O[C@@]32C)O1. The van der Waals surface area contributed by atoms with Gasteiger partial charge in [0.25, 0.3) is 0 Å². The van der Waals surface area contributed by atoms with Crippen molar-refractivity contribution in [3.8, 4) is 0 Å². The molecule has 0 amide bonds. The quantitative estimate of drug-likeness (QED) is 0.801. The summed E-state index contributed by atoms with van der Waals surface area (Å²) >= 11 is 0. The van der Waals surface area contributed by atoms with E-state index in [2.05, 4.69) is 19.1 Å². The van der Waals surface area contributed by atoms with Crippen LogP contribution in [0.4, 0.5) is 0 Å². The highest BCUT2D eigenvalue weighted by atomic mass is 16.7. The molecular formula is C19H26O4. The molecule has 3 aliphatic rings. The van der Waals surface area contributed by atoms with Gasteiger partial charge in [-0.05, 0) is 26.3 Å². The molecule has 0 radical (unpaired) electrons. The van der Waals surface area contributed by atoms with Crippen LogP contribution in [0.25, 0.3) is 0 Å². The van der Waals surface area contributed by atoms with Crippen LogP contribution in [0.1, 0.15) is 45.6 Å². The van der Waals surface area contributed by atoms with Gasteiger partial charge in [-0.15, -0.1) is 0 Å². The molecule has 126 valence electrons. The Bertz CT molecular complexity index is 572. The third-order valence-corrected chi connectivity index (χ3v) is 5.61. The van der Waals surface area contributed by atoms with E-state index in [4.69, 9.17) is 18.9 Å². The number of epoxide rings is 1. The second-order valence-electron chi connectivity index (χ2n) is 7.67. The first-order chi connectivity index (χ1) is 10.9. The molecule has 0 bridgehead atoms. The normalized spacial score (nSPS) is 41.5. The molecule has 4 heteroatoms. The van der Waals surface area contributed by atoms with E-state index in [9.17, 15) is 0 Å². The van der Waals surface area contributed by atoms with E-state index in [1.54, 1.807) is 0 Å². The minimum absolute atomic E-state index is 0.171. The lowest BCUT2D eigenvalue weighted by atomic mass is 9.72. The minimum Gasteiger partial charge on any atom is -0.373 e. The Kier molecular flexibility index (Phi) is 3.58. The van der Waals surface area contributed by atoms with Gasteiger partial charge in [0.2, 0.25) is 0 Å². The first-order valence-electron chi connectivity index (χ1n) is 8.60. The molecule has 4 nitrogen and oxygen atoms in total. The van der Waals surface area contributed by atoms with Gasteiger partial charge in [-0.1, -0.05) is 30.3 Å². The highest BCUT2D eigenvalue weighted by Crippen LogP contribution is 2.59. The van der Waals surface area contributed by atoms with Crippen LogP contribution in [-0.2, 0) is 25.6 Å². The average Bonchev–Trinajstić information content (AvgIpc) is 3.18. The summed E-state index contributed by atoms with van der Waals surface area (Å²) in [5.74, 6) is -0.556. The first-order valence-corrected chi connectivity index (χ1v) is 8.60. The van der Waals surface area contributed by atoms with Gasteiger partial charge in [-0.2, -0.15) is 0 Å². The molecule has 0 aromatic heterocycles. The van der Waals surface area contributed by atoms with Crippen molar-refractivity contribution in [3.63, 3.8) is 0 Å². The maximum Gasteiger partial charge on any atom is 0.163 e. The molecular weight excluding hydrogens is 292 g/mol. The summed E-state index contributed by atoms with van der Waals surface area (Å²) in [7, 11) is 0. The second-order valence-corrected chi connectivity index (χ2v) is 7.67. The van der Waals surface area contributed by atoms with E-state index in [1.165, 1.54) is 5.56 Å². The zero-order valence-electron chi connectivity index (χ0n) is 14.2. The van der Waals surface area contributed by atoms with Gasteiger partial charge in [0.05, 0.1) is 25.4 Å². The summed E-state index contributed by atoms with van der Waals surface area (Å²) in [5, 5.41) is 0. The summed E-state index contributed by atoms with van der Waals surface area (Å²) in [6.45, 7) is 7.52. The first kappa shape index (κ1) is 15.6. The number of hydrogen-bond acceptors (Lipinski definition) is 4. The van der Waals surface area contributed by atoms with Crippen LogP contribution < -0.4 is 0 Å². The fraction of sp³-hybridized carbons (Fsp3) is 0.684. The van der Waals surface area contributed by atoms with Crippen molar-refractivity contribution in [1.29, 1.82) is 0 Å². The topological polar surface area (TPSA) is 40.2 Å². The molecule has 2 aliphatic heterocycles. The van der Waals surface area contributed by atoms with E-state index in [-0.39, 0.29) is 23.4 Å². The van der Waals surface area contributed by atoms with Gasteiger partial charge in [0.1, 0.15) is 11.2 Å². The van der Waals surface area contributed by atoms with E-state index in [1.807, 2.05) is 32.0 Å². The molecule has 1 saturated carbocycles. The maximum atomic E-state index is 6.41. The number of rotatable bonds is 3. The summed E-state index contributed by atoms with van der Waals surface area (Å²) in [6.07, 6.45) is 3.11. The minimum atomic E-state index is -0.556. The van der Waals surface area contributed by atoms with Crippen LogP contribution in [0.3, 0.4) is 0 Å². The predicted octanol–water partition coefficient (Wildman–Crippen LogP) is 3.43. The number of ether oxygens (including phenoxy) is 4. The third kappa shape index (κ3) is 2.72. The average molecular weight is 318 g/mol. The Labute approximate surface area is 138 Å². The van der Waals surface area contributed by atoms with Crippen molar-refractivity contribution >= 4 is 0 Å². The lowest BCUT2D eigenvalue weighted by Gasteiger charge is -2.50. The number of benzene rings is 1. The zero-order valence-corrected chi connectivity index (χ0v) is 14.2. The molecule has 2 heterocycles. The Morgan fingerprint density at radius 1 is 1.17 bits per heavy atom. The van der Waals surface area contributed by atoms with Crippen molar-refractivity contribution in [3.05, 3.63) is 35.9 Å². The Balaban J connectivity index is 1.47. The highest BCUT2D eigenvalue weighted by Gasteiger charge is 2.71. The predicted molar refractivity (Wildman–Crippen MR) is 86.0 cm³/mol. The molecule has 2 saturated heterocycles. The second kappa shape index (κ2) is 5.28. The van der Waals surface area contributed by atoms with Crippen LogP contribution in [-0.4, -0.2) is 35.8 Å². The summed E-state index contributed by atoms with van der Waals surface area (Å²) in [5.41, 5.74) is 0.736. The molecule has 1 aliphatic carbocycles. The lowest BCUT2D eigenvalue weighted by molar-refractivity contribution is -0.331. The molecule has 4 atom stereocenters. The number of hydrogen-bond donors (Lipinski definition) is 0. The summed E-state index contributed by atoms with van der Waals surface area (Å²) in [4.78, 5) is 0. The van der Waals surface area contributed by atoms with Crippen molar-refractivity contribution in [2.24, 2.45) is 0 Å². The van der Waals surface area contributed by atoms with Crippen LogP contribution in [0, 0.1) is 0 Å². The Hall–Kier alpha value is -0.940. The monoisotopic (exact) mass is 318 g/mol. The van der Waals surface area contributed by atoms with Crippen LogP contribution in [0.2, 0.25) is 0 Å². The summed E-state index contributed by atoms with van der Waals surface area (Å²) in [6, 6.07) is 10.3. The van der Waals surface area contributed by atoms with Crippen molar-refractivity contribution in [2.75, 3.05) is 6.61 Å². The lowest BCUT2D eigenvalue weighted by Crippen LogP contribution is -2.60. The molecule has 1 aromatic rings. The standard InChI is InChI=1S/C19H26O4/c1-17(2)21-10-9-19(23-17)12-15(11-16-18(19,3)22-16)20-13-14-7-5-4-6-8-14/h4-8,15-16H,9-13H2,1-3H3/t15?,16-,18-,19+/m0/s1. The van der Waals surface area contributed by atoms with Crippen molar-refractivity contribution in [1.82, 2.24) is 0 Å². The van der Waals surface area contributed by atoms with E-state index >= 15 is 0 Å². The largest absolute Gasteiger partial charge is 0.373 e. The maximum absolute atomic E-state index is 6.41. The molecule has 23 heavy (non-hydrogen) atoms. The molecule has 1 unspecified atom stereocenters. The van der Waals surface area contributed by atoms with Gasteiger partial charge >= 0.3 is 0 Å².